The number of nitrogens with one attached hydrogen (secondary N) is 3. The molecule has 1 aliphatic carbocycles. The molecule has 0 fully saturated rings. The molecular formula is C44H42N3O3P. The number of hydrogen-bond acceptors (Lipinski definition) is 5. The van der Waals surface area contributed by atoms with Crippen LogP contribution in [0, 0.1) is 5.41 Å². The highest BCUT2D eigenvalue weighted by molar-refractivity contribution is 7.18. The number of aromatic nitrogens is 1. The van der Waals surface area contributed by atoms with Gasteiger partial charge in [0.25, 0.3) is 0 Å². The molecule has 7 heteroatoms. The lowest BCUT2D eigenvalue weighted by Gasteiger charge is -2.33. The van der Waals surface area contributed by atoms with E-state index in [-0.39, 0.29) is 22.0 Å². The van der Waals surface area contributed by atoms with E-state index < -0.39 is 0 Å². The first kappa shape index (κ1) is 34.0. The van der Waals surface area contributed by atoms with Gasteiger partial charge in [0.2, 0.25) is 0 Å². The molecule has 0 bridgehead atoms. The third-order valence-corrected chi connectivity index (χ3v) is 9.80. The van der Waals surface area contributed by atoms with Crippen molar-refractivity contribution in [1.82, 2.24) is 4.98 Å². The van der Waals surface area contributed by atoms with Crippen LogP contribution in [0.25, 0.3) is 39.4 Å². The molecule has 0 spiro atoms. The van der Waals surface area contributed by atoms with Gasteiger partial charge >= 0.3 is 0 Å². The molecule has 1 atom stereocenters. The molecule has 51 heavy (non-hydrogen) atoms. The summed E-state index contributed by atoms with van der Waals surface area (Å²) in [7, 11) is 2.50. The van der Waals surface area contributed by atoms with Crippen LogP contribution in [0.2, 0.25) is 0 Å². The predicted molar refractivity (Wildman–Crippen MR) is 216 cm³/mol. The van der Waals surface area contributed by atoms with Crippen LogP contribution in [0.3, 0.4) is 0 Å². The van der Waals surface area contributed by atoms with E-state index in [4.69, 9.17) is 4.74 Å². The highest BCUT2D eigenvalue weighted by Crippen LogP contribution is 2.46. The molecule has 256 valence electrons. The van der Waals surface area contributed by atoms with Crippen LogP contribution in [0.4, 0.5) is 17.1 Å². The number of aromatic amines is 1. The summed E-state index contributed by atoms with van der Waals surface area (Å²) >= 11 is 0. The van der Waals surface area contributed by atoms with Gasteiger partial charge in [-0.2, -0.15) is 0 Å². The van der Waals surface area contributed by atoms with Crippen molar-refractivity contribution in [1.29, 1.82) is 0 Å². The van der Waals surface area contributed by atoms with Gasteiger partial charge in [-0.15, -0.1) is 0 Å². The molecule has 1 heterocycles. The Morgan fingerprint density at radius 1 is 0.804 bits per heavy atom. The fourth-order valence-corrected chi connectivity index (χ4v) is 7.75. The van der Waals surface area contributed by atoms with Crippen LogP contribution in [-0.4, -0.2) is 10.8 Å². The van der Waals surface area contributed by atoms with E-state index in [0.717, 1.165) is 17.8 Å². The lowest BCUT2D eigenvalue weighted by Crippen LogP contribution is -2.24. The van der Waals surface area contributed by atoms with E-state index in [2.05, 4.69) is 78.1 Å². The van der Waals surface area contributed by atoms with Gasteiger partial charge in [0.05, 0.1) is 22.2 Å². The van der Waals surface area contributed by atoms with Crippen molar-refractivity contribution in [3.63, 3.8) is 0 Å². The summed E-state index contributed by atoms with van der Waals surface area (Å²) in [5.41, 5.74) is 6.32. The van der Waals surface area contributed by atoms with E-state index in [1.165, 1.54) is 5.56 Å². The van der Waals surface area contributed by atoms with Crippen molar-refractivity contribution in [3.8, 4) is 22.6 Å². The van der Waals surface area contributed by atoms with E-state index in [0.29, 0.717) is 66.5 Å². The lowest BCUT2D eigenvalue weighted by atomic mass is 9.72. The van der Waals surface area contributed by atoms with E-state index in [1.54, 1.807) is 12.1 Å². The van der Waals surface area contributed by atoms with Crippen molar-refractivity contribution in [3.05, 3.63) is 141 Å². The van der Waals surface area contributed by atoms with Crippen LogP contribution in [-0.2, 0) is 5.41 Å². The maximum absolute atomic E-state index is 14.5. The third-order valence-electron chi connectivity index (χ3n) is 9.47. The molecule has 5 aromatic rings. The van der Waals surface area contributed by atoms with Crippen LogP contribution in [0.1, 0.15) is 62.5 Å². The number of H-pyrrole nitrogens is 1. The minimum absolute atomic E-state index is 0.0261. The van der Waals surface area contributed by atoms with E-state index >= 15 is 0 Å². The second-order valence-corrected chi connectivity index (χ2v) is 15.4. The second kappa shape index (κ2) is 13.0. The van der Waals surface area contributed by atoms with Crippen molar-refractivity contribution >= 4 is 60.5 Å². The predicted octanol–water partition coefficient (Wildman–Crippen LogP) is 10.6. The molecule has 1 aliphatic heterocycles. The number of carbonyl (C=O) groups is 1. The molecular weight excluding hydrogens is 649 g/mol. The summed E-state index contributed by atoms with van der Waals surface area (Å²) in [6.45, 7) is 15.7. The van der Waals surface area contributed by atoms with Gasteiger partial charge in [0.1, 0.15) is 5.75 Å². The molecule has 0 saturated carbocycles. The number of carbonyl (C=O) groups excluding carboxylic acids is 1. The molecule has 0 amide bonds. The smallest absolute Gasteiger partial charge is 0.196 e. The molecule has 0 saturated heterocycles. The first-order valence-corrected chi connectivity index (χ1v) is 17.7. The number of hydrogen-bond donors (Lipinski definition) is 3. The molecule has 0 radical (unpaired) electrons. The minimum atomic E-state index is -0.182. The maximum atomic E-state index is 14.5. The Balaban J connectivity index is 1.48. The number of rotatable bonds is 9. The zero-order chi connectivity index (χ0) is 36.1. The normalized spacial score (nSPS) is 12.0. The standard InChI is InChI=1S/C44H42N3O3P/c1-26-36(41(48)27-12-8-7-9-13-27)37-32-14-10-11-15-33(32)42(49)38-34(46-29-18-20-30(47-51)21-19-29)24-35(40(45-26)39(37)38)50-31-22-16-28(17-23-31)44(5,6)25-43(2,3)4/h7-24,45-47H,1,25,51H2,2-6H3. The summed E-state index contributed by atoms with van der Waals surface area (Å²) in [5.74, 6) is 0.965. The molecule has 5 aromatic carbocycles. The quantitative estimate of drug-likeness (QED) is 0.0607. The number of ketones is 1. The van der Waals surface area contributed by atoms with Crippen molar-refractivity contribution in [2.45, 2.75) is 46.5 Å². The zero-order valence-electron chi connectivity index (χ0n) is 29.6. The molecule has 7 rings (SSSR count). The minimum Gasteiger partial charge on any atom is -0.455 e. The molecule has 2 aliphatic rings. The van der Waals surface area contributed by atoms with Crippen molar-refractivity contribution in [2.75, 3.05) is 10.4 Å². The van der Waals surface area contributed by atoms with Gasteiger partial charge in [-0.25, -0.2) is 0 Å². The van der Waals surface area contributed by atoms with Crippen molar-refractivity contribution in [2.24, 2.45) is 5.41 Å². The van der Waals surface area contributed by atoms with Crippen LogP contribution in [0.15, 0.2) is 114 Å². The van der Waals surface area contributed by atoms with Crippen LogP contribution >= 0.6 is 9.39 Å². The average Bonchev–Trinajstić information content (AvgIpc) is 3.10. The van der Waals surface area contributed by atoms with Crippen LogP contribution < -0.4 is 25.9 Å². The molecule has 1 unspecified atom stereocenters. The summed E-state index contributed by atoms with van der Waals surface area (Å²) < 4.78 is 6.71. The van der Waals surface area contributed by atoms with Crippen molar-refractivity contribution < 1.29 is 9.53 Å². The topological polar surface area (TPSA) is 83.2 Å². The Morgan fingerprint density at radius 3 is 2.08 bits per heavy atom. The SMILES string of the molecule is C=c1[nH]c2c(Oc3ccc(C(C)(C)CC(C)(C)C)cc3)cc(Nc3ccc(NP)cc3)c3c2-c(c1C(=O)c1ccccc1)c1ccccc1c3=O. The largest absolute Gasteiger partial charge is 0.455 e. The first-order chi connectivity index (χ1) is 24.3. The Morgan fingerprint density at radius 2 is 1.43 bits per heavy atom. The number of benzene rings is 6. The second-order valence-electron chi connectivity index (χ2n) is 15.1. The number of ether oxygens (including phenoxy) is 1. The summed E-state index contributed by atoms with van der Waals surface area (Å²) in [5, 5.41) is 8.67. The Labute approximate surface area is 300 Å². The van der Waals surface area contributed by atoms with E-state index in [1.807, 2.05) is 84.9 Å². The summed E-state index contributed by atoms with van der Waals surface area (Å²) in [6, 6.07) is 34.5. The van der Waals surface area contributed by atoms with Gasteiger partial charge in [0, 0.05) is 44.9 Å². The Kier molecular flexibility index (Phi) is 8.69. The molecule has 6 nitrogen and oxygen atoms in total. The fraction of sp³-hybridized carbons (Fsp3) is 0.182. The monoisotopic (exact) mass is 691 g/mol. The Hall–Kier alpha value is -5.45. The van der Waals surface area contributed by atoms with Gasteiger partial charge in [-0.3, -0.25) is 9.59 Å². The molecule has 0 aromatic heterocycles. The van der Waals surface area contributed by atoms with E-state index in [9.17, 15) is 9.59 Å². The highest BCUT2D eigenvalue weighted by Gasteiger charge is 2.30. The number of anilines is 3. The highest BCUT2D eigenvalue weighted by atomic mass is 31.0. The Bertz CT molecular complexity index is 2480. The number of fused-ring (bicyclic) bond motifs is 2. The van der Waals surface area contributed by atoms with Gasteiger partial charge < -0.3 is 20.1 Å². The summed E-state index contributed by atoms with van der Waals surface area (Å²) in [4.78, 5) is 32.3. The average molecular weight is 692 g/mol. The fourth-order valence-electron chi connectivity index (χ4n) is 7.56. The molecule has 3 N–H and O–H groups in total. The number of pyridine rings is 1. The van der Waals surface area contributed by atoms with Crippen LogP contribution in [0.5, 0.6) is 11.5 Å². The zero-order valence-corrected chi connectivity index (χ0v) is 30.8. The lowest BCUT2D eigenvalue weighted by molar-refractivity contribution is 0.103. The van der Waals surface area contributed by atoms with Gasteiger partial charge in [-0.05, 0) is 74.0 Å². The first-order valence-electron chi connectivity index (χ1n) is 17.1. The summed E-state index contributed by atoms with van der Waals surface area (Å²) in [6.07, 6.45) is 1.03. The third kappa shape index (κ3) is 6.48. The van der Waals surface area contributed by atoms with Gasteiger partial charge in [0.15, 0.2) is 17.0 Å². The maximum Gasteiger partial charge on any atom is 0.196 e. The van der Waals surface area contributed by atoms with Gasteiger partial charge in [-0.1, -0.05) is 108 Å².